The fraction of sp³-hybridized carbons (Fsp3) is 0.100. The SMILES string of the molecule is C/C(C#N)=C/c1cccc([N+](=O)[O-])c1. The first kappa shape index (κ1) is 9.93. The van der Waals surface area contributed by atoms with Crippen LogP contribution in [-0.2, 0) is 0 Å². The van der Waals surface area contributed by atoms with E-state index in [1.807, 2.05) is 6.07 Å². The number of nitrogens with zero attached hydrogens (tertiary/aromatic N) is 2. The van der Waals surface area contributed by atoms with Crippen LogP contribution in [0.4, 0.5) is 5.69 Å². The van der Waals surface area contributed by atoms with E-state index in [9.17, 15) is 10.1 Å². The molecule has 1 rings (SSSR count). The van der Waals surface area contributed by atoms with Crippen molar-refractivity contribution in [1.82, 2.24) is 0 Å². The highest BCUT2D eigenvalue weighted by Gasteiger charge is 2.03. The van der Waals surface area contributed by atoms with Gasteiger partial charge < -0.3 is 0 Å². The number of nitriles is 1. The molecule has 4 nitrogen and oxygen atoms in total. The van der Waals surface area contributed by atoms with E-state index in [-0.39, 0.29) is 5.69 Å². The predicted octanol–water partition coefficient (Wildman–Crippen LogP) is 2.52. The van der Waals surface area contributed by atoms with Gasteiger partial charge in [0.1, 0.15) is 0 Å². The largest absolute Gasteiger partial charge is 0.270 e. The number of benzene rings is 1. The van der Waals surface area contributed by atoms with Crippen molar-refractivity contribution in [2.45, 2.75) is 6.92 Å². The minimum Gasteiger partial charge on any atom is -0.258 e. The highest BCUT2D eigenvalue weighted by Crippen LogP contribution is 2.15. The molecule has 0 radical (unpaired) electrons. The maximum absolute atomic E-state index is 10.4. The summed E-state index contributed by atoms with van der Waals surface area (Å²) >= 11 is 0. The molecule has 4 heteroatoms. The fourth-order valence-corrected chi connectivity index (χ4v) is 1.01. The first-order valence-electron chi connectivity index (χ1n) is 3.96. The molecule has 0 saturated heterocycles. The second-order valence-corrected chi connectivity index (χ2v) is 2.79. The Morgan fingerprint density at radius 3 is 2.93 bits per heavy atom. The molecule has 0 spiro atoms. The van der Waals surface area contributed by atoms with Crippen LogP contribution in [0, 0.1) is 21.4 Å². The molecule has 0 aliphatic heterocycles. The van der Waals surface area contributed by atoms with Crippen molar-refractivity contribution in [2.24, 2.45) is 0 Å². The molecule has 0 amide bonds. The van der Waals surface area contributed by atoms with E-state index in [1.165, 1.54) is 12.1 Å². The van der Waals surface area contributed by atoms with Crippen LogP contribution in [0.2, 0.25) is 0 Å². The number of allylic oxidation sites excluding steroid dienone is 1. The van der Waals surface area contributed by atoms with Gasteiger partial charge in [-0.2, -0.15) is 5.26 Å². The molecule has 0 atom stereocenters. The van der Waals surface area contributed by atoms with E-state index in [2.05, 4.69) is 0 Å². The number of nitro groups is 1. The molecule has 1 aromatic carbocycles. The molecule has 0 unspecified atom stereocenters. The van der Waals surface area contributed by atoms with E-state index in [0.29, 0.717) is 11.1 Å². The molecule has 0 bridgehead atoms. The number of nitro benzene ring substituents is 1. The van der Waals surface area contributed by atoms with Gasteiger partial charge in [-0.1, -0.05) is 12.1 Å². The minimum absolute atomic E-state index is 0.0319. The lowest BCUT2D eigenvalue weighted by molar-refractivity contribution is -0.384. The van der Waals surface area contributed by atoms with E-state index in [0.717, 1.165) is 0 Å². The van der Waals surface area contributed by atoms with Gasteiger partial charge in [-0.15, -0.1) is 0 Å². The first-order valence-corrected chi connectivity index (χ1v) is 3.96. The van der Waals surface area contributed by atoms with Gasteiger partial charge in [-0.25, -0.2) is 0 Å². The molecule has 0 N–H and O–H groups in total. The van der Waals surface area contributed by atoms with Gasteiger partial charge in [-0.3, -0.25) is 10.1 Å². The topological polar surface area (TPSA) is 66.9 Å². The fourth-order valence-electron chi connectivity index (χ4n) is 1.01. The summed E-state index contributed by atoms with van der Waals surface area (Å²) in [4.78, 5) is 9.97. The van der Waals surface area contributed by atoms with Crippen LogP contribution < -0.4 is 0 Å². The Morgan fingerprint density at radius 1 is 1.64 bits per heavy atom. The normalized spacial score (nSPS) is 10.7. The summed E-state index contributed by atoms with van der Waals surface area (Å²) in [5.74, 6) is 0. The molecule has 0 saturated carbocycles. The molecule has 1 aromatic rings. The van der Waals surface area contributed by atoms with Crippen LogP contribution in [0.5, 0.6) is 0 Å². The van der Waals surface area contributed by atoms with Crippen molar-refractivity contribution in [2.75, 3.05) is 0 Å². The van der Waals surface area contributed by atoms with E-state index >= 15 is 0 Å². The average molecular weight is 188 g/mol. The minimum atomic E-state index is -0.459. The van der Waals surface area contributed by atoms with Crippen LogP contribution in [0.25, 0.3) is 6.08 Å². The standard InChI is InChI=1S/C10H8N2O2/c1-8(7-11)5-9-3-2-4-10(6-9)12(13)14/h2-6H,1H3/b8-5-. The summed E-state index contributed by atoms with van der Waals surface area (Å²) in [6, 6.07) is 8.11. The lowest BCUT2D eigenvalue weighted by Crippen LogP contribution is -1.87. The Hall–Kier alpha value is -2.15. The Balaban J connectivity index is 3.08. The monoisotopic (exact) mass is 188 g/mol. The van der Waals surface area contributed by atoms with E-state index in [1.54, 1.807) is 25.1 Å². The second-order valence-electron chi connectivity index (χ2n) is 2.79. The summed E-state index contributed by atoms with van der Waals surface area (Å²) in [7, 11) is 0. The third-order valence-electron chi connectivity index (χ3n) is 1.64. The summed E-state index contributed by atoms with van der Waals surface area (Å²) in [6.45, 7) is 1.65. The first-order chi connectivity index (χ1) is 6.63. The van der Waals surface area contributed by atoms with Gasteiger partial charge in [0.15, 0.2) is 0 Å². The van der Waals surface area contributed by atoms with Gasteiger partial charge in [-0.05, 0) is 18.6 Å². The van der Waals surface area contributed by atoms with Gasteiger partial charge in [0.05, 0.1) is 11.0 Å². The highest BCUT2D eigenvalue weighted by atomic mass is 16.6. The summed E-state index contributed by atoms with van der Waals surface area (Å²) in [5.41, 5.74) is 1.22. The molecule has 0 aliphatic rings. The maximum atomic E-state index is 10.4. The molecular formula is C10H8N2O2. The number of rotatable bonds is 2. The third-order valence-corrected chi connectivity index (χ3v) is 1.64. The van der Waals surface area contributed by atoms with Crippen molar-refractivity contribution in [1.29, 1.82) is 5.26 Å². The summed E-state index contributed by atoms with van der Waals surface area (Å²) in [6.07, 6.45) is 1.60. The molecule has 70 valence electrons. The maximum Gasteiger partial charge on any atom is 0.270 e. The third kappa shape index (κ3) is 2.42. The molecule has 14 heavy (non-hydrogen) atoms. The molecule has 0 fully saturated rings. The van der Waals surface area contributed by atoms with Crippen molar-refractivity contribution >= 4 is 11.8 Å². The van der Waals surface area contributed by atoms with Gasteiger partial charge in [0.2, 0.25) is 0 Å². The van der Waals surface area contributed by atoms with Gasteiger partial charge in [0, 0.05) is 17.7 Å². The van der Waals surface area contributed by atoms with Crippen molar-refractivity contribution in [3.63, 3.8) is 0 Å². The Labute approximate surface area is 81.2 Å². The Bertz CT molecular complexity index is 430. The molecular weight excluding hydrogens is 180 g/mol. The number of hydrogen-bond donors (Lipinski definition) is 0. The van der Waals surface area contributed by atoms with Crippen LogP contribution >= 0.6 is 0 Å². The smallest absolute Gasteiger partial charge is 0.258 e. The average Bonchev–Trinajstić information content (AvgIpc) is 2.18. The van der Waals surface area contributed by atoms with E-state index < -0.39 is 4.92 Å². The zero-order valence-corrected chi connectivity index (χ0v) is 7.60. The molecule has 0 heterocycles. The summed E-state index contributed by atoms with van der Waals surface area (Å²) in [5, 5.41) is 19.0. The molecule has 0 aliphatic carbocycles. The number of non-ortho nitro benzene ring substituents is 1. The Kier molecular flexibility index (Phi) is 2.97. The van der Waals surface area contributed by atoms with Gasteiger partial charge >= 0.3 is 0 Å². The van der Waals surface area contributed by atoms with Crippen LogP contribution in [0.3, 0.4) is 0 Å². The second kappa shape index (κ2) is 4.19. The van der Waals surface area contributed by atoms with Crippen molar-refractivity contribution in [3.05, 3.63) is 45.5 Å². The zero-order valence-electron chi connectivity index (χ0n) is 7.60. The van der Waals surface area contributed by atoms with Crippen molar-refractivity contribution < 1.29 is 4.92 Å². The number of hydrogen-bond acceptors (Lipinski definition) is 3. The van der Waals surface area contributed by atoms with Crippen LogP contribution in [0.15, 0.2) is 29.8 Å². The zero-order chi connectivity index (χ0) is 10.6. The Morgan fingerprint density at radius 2 is 2.36 bits per heavy atom. The lowest BCUT2D eigenvalue weighted by Gasteiger charge is -1.94. The summed E-state index contributed by atoms with van der Waals surface area (Å²) < 4.78 is 0. The predicted molar refractivity (Wildman–Crippen MR) is 52.4 cm³/mol. The molecule has 0 aromatic heterocycles. The highest BCUT2D eigenvalue weighted by molar-refractivity contribution is 5.58. The van der Waals surface area contributed by atoms with Gasteiger partial charge in [0.25, 0.3) is 5.69 Å². The quantitative estimate of drug-likeness (QED) is 0.407. The van der Waals surface area contributed by atoms with Crippen molar-refractivity contribution in [3.8, 4) is 6.07 Å². The van der Waals surface area contributed by atoms with Crippen LogP contribution in [0.1, 0.15) is 12.5 Å². The van der Waals surface area contributed by atoms with Crippen LogP contribution in [-0.4, -0.2) is 4.92 Å². The van der Waals surface area contributed by atoms with E-state index in [4.69, 9.17) is 5.26 Å². The lowest BCUT2D eigenvalue weighted by atomic mass is 10.1.